The molecule has 3 aromatic rings. The summed E-state index contributed by atoms with van der Waals surface area (Å²) in [5, 5.41) is 5.64. The van der Waals surface area contributed by atoms with Crippen LogP contribution >= 0.6 is 0 Å². The van der Waals surface area contributed by atoms with E-state index in [4.69, 9.17) is 4.74 Å². The van der Waals surface area contributed by atoms with E-state index in [1.165, 1.54) is 12.3 Å². The fourth-order valence-electron chi connectivity index (χ4n) is 2.72. The lowest BCUT2D eigenvalue weighted by atomic mass is 10.1. The number of para-hydroxylation sites is 2. The third kappa shape index (κ3) is 5.42. The van der Waals surface area contributed by atoms with Crippen LogP contribution in [0.3, 0.4) is 0 Å². The molecule has 3 rings (SSSR count). The Bertz CT molecular complexity index is 1000. The van der Waals surface area contributed by atoms with E-state index in [0.717, 1.165) is 11.1 Å². The minimum absolute atomic E-state index is 0.152. The summed E-state index contributed by atoms with van der Waals surface area (Å²) in [6.45, 7) is 4.78. The van der Waals surface area contributed by atoms with Gasteiger partial charge in [0.15, 0.2) is 0 Å². The molecule has 2 N–H and O–H groups in total. The third-order valence-electron chi connectivity index (χ3n) is 4.26. The van der Waals surface area contributed by atoms with Gasteiger partial charge in [-0.05, 0) is 43.7 Å². The quantitative estimate of drug-likeness (QED) is 0.641. The number of nitrogens with one attached hydrogen (secondary N) is 2. The number of ether oxygens (including phenoxy) is 1. The number of benzene rings is 2. The summed E-state index contributed by atoms with van der Waals surface area (Å²) in [7, 11) is 0. The second kappa shape index (κ2) is 9.50. The van der Waals surface area contributed by atoms with Crippen molar-refractivity contribution in [2.24, 2.45) is 0 Å². The zero-order valence-electron chi connectivity index (χ0n) is 16.4. The highest BCUT2D eigenvalue weighted by atomic mass is 16.5. The second-order valence-electron chi connectivity index (χ2n) is 6.48. The summed E-state index contributed by atoms with van der Waals surface area (Å²) in [6.07, 6.45) is 1.45. The average molecular weight is 389 g/mol. The molecular formula is C23H23N3O3. The lowest BCUT2D eigenvalue weighted by Gasteiger charge is -2.11. The molecule has 1 aromatic heterocycles. The van der Waals surface area contributed by atoms with E-state index in [0.29, 0.717) is 30.2 Å². The van der Waals surface area contributed by atoms with Gasteiger partial charge in [0.25, 0.3) is 11.8 Å². The molecule has 2 amide bonds. The number of aryl methyl sites for hydroxylation is 1. The number of rotatable bonds is 7. The summed E-state index contributed by atoms with van der Waals surface area (Å²) < 4.78 is 5.52. The van der Waals surface area contributed by atoms with Crippen LogP contribution in [-0.4, -0.2) is 23.4 Å². The van der Waals surface area contributed by atoms with E-state index in [-0.39, 0.29) is 11.6 Å². The zero-order valence-corrected chi connectivity index (χ0v) is 16.4. The molecule has 0 saturated carbocycles. The van der Waals surface area contributed by atoms with E-state index in [9.17, 15) is 9.59 Å². The normalized spacial score (nSPS) is 10.3. The van der Waals surface area contributed by atoms with E-state index in [1.54, 1.807) is 24.3 Å². The van der Waals surface area contributed by atoms with Gasteiger partial charge >= 0.3 is 0 Å². The highest BCUT2D eigenvalue weighted by Gasteiger charge is 2.14. The molecule has 29 heavy (non-hydrogen) atoms. The van der Waals surface area contributed by atoms with Gasteiger partial charge in [-0.15, -0.1) is 0 Å². The molecule has 6 nitrogen and oxygen atoms in total. The fraction of sp³-hybridized carbons (Fsp3) is 0.174. The maximum absolute atomic E-state index is 12.6. The molecular weight excluding hydrogens is 366 g/mol. The van der Waals surface area contributed by atoms with Crippen molar-refractivity contribution >= 4 is 17.5 Å². The maximum Gasteiger partial charge on any atom is 0.274 e. The van der Waals surface area contributed by atoms with Gasteiger partial charge in [-0.25, -0.2) is 0 Å². The van der Waals surface area contributed by atoms with Gasteiger partial charge in [0.1, 0.15) is 11.4 Å². The number of hydrogen-bond donors (Lipinski definition) is 2. The predicted octanol–water partition coefficient (Wildman–Crippen LogP) is 3.97. The minimum Gasteiger partial charge on any atom is -0.492 e. The Hall–Kier alpha value is -3.67. The van der Waals surface area contributed by atoms with Crippen LogP contribution in [0.15, 0.2) is 66.9 Å². The number of hydrogen-bond acceptors (Lipinski definition) is 4. The lowest BCUT2D eigenvalue weighted by molar-refractivity contribution is 0.0951. The van der Waals surface area contributed by atoms with Gasteiger partial charge in [0.05, 0.1) is 12.3 Å². The van der Waals surface area contributed by atoms with Crippen molar-refractivity contribution in [3.63, 3.8) is 0 Å². The number of pyridine rings is 1. The molecule has 0 unspecified atom stereocenters. The molecule has 0 bridgehead atoms. The maximum atomic E-state index is 12.6. The number of anilines is 1. The Balaban J connectivity index is 1.67. The van der Waals surface area contributed by atoms with Gasteiger partial charge in [-0.3, -0.25) is 14.6 Å². The van der Waals surface area contributed by atoms with E-state index in [1.807, 2.05) is 44.2 Å². The van der Waals surface area contributed by atoms with Crippen LogP contribution < -0.4 is 15.4 Å². The molecule has 0 aliphatic rings. The Morgan fingerprint density at radius 2 is 1.76 bits per heavy atom. The molecule has 0 atom stereocenters. The van der Waals surface area contributed by atoms with Crippen molar-refractivity contribution in [2.45, 2.75) is 20.4 Å². The smallest absolute Gasteiger partial charge is 0.274 e. The Kier molecular flexibility index (Phi) is 6.58. The first-order chi connectivity index (χ1) is 14.1. The third-order valence-corrected chi connectivity index (χ3v) is 4.26. The molecule has 1 heterocycles. The van der Waals surface area contributed by atoms with Crippen LogP contribution in [0.4, 0.5) is 5.69 Å². The summed E-state index contributed by atoms with van der Waals surface area (Å²) in [5.41, 5.74) is 3.24. The van der Waals surface area contributed by atoms with Gasteiger partial charge in [0.2, 0.25) is 0 Å². The first kappa shape index (κ1) is 20.1. The SMILES string of the molecule is CCOc1ccccc1NC(=O)c1cc(C(=O)NCc2ccc(C)cc2)ccn1. The average Bonchev–Trinajstić information content (AvgIpc) is 2.75. The predicted molar refractivity (Wildman–Crippen MR) is 112 cm³/mol. The van der Waals surface area contributed by atoms with Crippen molar-refractivity contribution in [3.8, 4) is 5.75 Å². The number of aromatic nitrogens is 1. The van der Waals surface area contributed by atoms with Crippen molar-refractivity contribution in [1.29, 1.82) is 0 Å². The van der Waals surface area contributed by atoms with Crippen LogP contribution in [0.1, 0.15) is 38.9 Å². The van der Waals surface area contributed by atoms with Gasteiger partial charge in [0, 0.05) is 18.3 Å². The highest BCUT2D eigenvalue weighted by Crippen LogP contribution is 2.24. The standard InChI is InChI=1S/C23H23N3O3/c1-3-29-21-7-5-4-6-19(21)26-23(28)20-14-18(12-13-24-20)22(27)25-15-17-10-8-16(2)9-11-17/h4-14H,3,15H2,1-2H3,(H,25,27)(H,26,28). The van der Waals surface area contributed by atoms with Crippen LogP contribution in [-0.2, 0) is 6.54 Å². The first-order valence-electron chi connectivity index (χ1n) is 9.40. The molecule has 0 fully saturated rings. The topological polar surface area (TPSA) is 80.3 Å². The van der Waals surface area contributed by atoms with Crippen LogP contribution in [0.25, 0.3) is 0 Å². The molecule has 0 aliphatic heterocycles. The van der Waals surface area contributed by atoms with Crippen LogP contribution in [0.2, 0.25) is 0 Å². The van der Waals surface area contributed by atoms with Gasteiger partial charge < -0.3 is 15.4 Å². The van der Waals surface area contributed by atoms with E-state index >= 15 is 0 Å². The monoisotopic (exact) mass is 389 g/mol. The molecule has 0 radical (unpaired) electrons. The van der Waals surface area contributed by atoms with Crippen molar-refractivity contribution in [3.05, 3.63) is 89.2 Å². The number of carbonyl (C=O) groups excluding carboxylic acids is 2. The summed E-state index contributed by atoms with van der Waals surface area (Å²) in [4.78, 5) is 29.2. The molecule has 0 saturated heterocycles. The molecule has 0 spiro atoms. The Labute approximate surface area is 169 Å². The Morgan fingerprint density at radius 1 is 1.00 bits per heavy atom. The van der Waals surface area contributed by atoms with Crippen LogP contribution in [0, 0.1) is 6.92 Å². The highest BCUT2D eigenvalue weighted by molar-refractivity contribution is 6.05. The van der Waals surface area contributed by atoms with Crippen LogP contribution in [0.5, 0.6) is 5.75 Å². The number of amides is 2. The van der Waals surface area contributed by atoms with Crippen molar-refractivity contribution in [2.75, 3.05) is 11.9 Å². The van der Waals surface area contributed by atoms with E-state index < -0.39 is 5.91 Å². The van der Waals surface area contributed by atoms with Crippen molar-refractivity contribution < 1.29 is 14.3 Å². The Morgan fingerprint density at radius 3 is 2.52 bits per heavy atom. The summed E-state index contributed by atoms with van der Waals surface area (Å²) in [6, 6.07) is 18.2. The van der Waals surface area contributed by atoms with Crippen molar-refractivity contribution in [1.82, 2.24) is 10.3 Å². The first-order valence-corrected chi connectivity index (χ1v) is 9.40. The summed E-state index contributed by atoms with van der Waals surface area (Å²) >= 11 is 0. The summed E-state index contributed by atoms with van der Waals surface area (Å²) in [5.74, 6) is -0.0996. The number of carbonyl (C=O) groups is 2. The second-order valence-corrected chi connectivity index (χ2v) is 6.48. The van der Waals surface area contributed by atoms with Gasteiger partial charge in [-0.2, -0.15) is 0 Å². The zero-order chi connectivity index (χ0) is 20.6. The number of nitrogens with zero attached hydrogens (tertiary/aromatic N) is 1. The fourth-order valence-corrected chi connectivity index (χ4v) is 2.72. The molecule has 2 aromatic carbocycles. The van der Waals surface area contributed by atoms with Gasteiger partial charge in [-0.1, -0.05) is 42.0 Å². The minimum atomic E-state index is -0.412. The molecule has 6 heteroatoms. The van der Waals surface area contributed by atoms with E-state index in [2.05, 4.69) is 15.6 Å². The molecule has 0 aliphatic carbocycles. The lowest BCUT2D eigenvalue weighted by Crippen LogP contribution is -2.23. The largest absolute Gasteiger partial charge is 0.492 e. The molecule has 148 valence electrons.